The highest BCUT2D eigenvalue weighted by Crippen LogP contribution is 2.34. The van der Waals surface area contributed by atoms with Crippen molar-refractivity contribution in [1.82, 2.24) is 0 Å². The average molecular weight is 325 g/mol. The van der Waals surface area contributed by atoms with E-state index in [9.17, 15) is 0 Å². The molecule has 0 saturated carbocycles. The molecule has 0 aliphatic rings. The number of rotatable bonds is 2. The molecule has 0 bridgehead atoms. The van der Waals surface area contributed by atoms with Crippen LogP contribution in [0.2, 0.25) is 0 Å². The summed E-state index contributed by atoms with van der Waals surface area (Å²) in [7, 11) is 3.74. The number of benzene rings is 1. The summed E-state index contributed by atoms with van der Waals surface area (Å²) < 4.78 is 51.5. The van der Waals surface area contributed by atoms with Crippen LogP contribution in [0.25, 0.3) is 22.5 Å². The van der Waals surface area contributed by atoms with Gasteiger partial charge in [0.15, 0.2) is 12.4 Å². The molecule has 24 heavy (non-hydrogen) atoms. The van der Waals surface area contributed by atoms with Crippen LogP contribution < -0.4 is 9.13 Å². The lowest BCUT2D eigenvalue weighted by atomic mass is 9.89. The van der Waals surface area contributed by atoms with Crippen molar-refractivity contribution in [2.24, 2.45) is 14.1 Å². The van der Waals surface area contributed by atoms with E-state index in [-0.39, 0.29) is 11.1 Å². The number of aromatic nitrogens is 2. The number of hydrogen-bond donors (Lipinski definition) is 0. The van der Waals surface area contributed by atoms with Crippen molar-refractivity contribution in [2.45, 2.75) is 27.6 Å². The fourth-order valence-electron chi connectivity index (χ4n) is 3.31. The first-order chi connectivity index (χ1) is 13.8. The lowest BCUT2D eigenvalue weighted by molar-refractivity contribution is -0.660. The SMILES string of the molecule is [2H]C([2H])([2H])c1cc[n+](C)c(-c2c(C([2H])([2H])[2H])cc(C)c(-c3cccc[n+]3C)c2C)c1. The smallest absolute Gasteiger partial charge is 0.201 e. The van der Waals surface area contributed by atoms with Gasteiger partial charge in [0, 0.05) is 32.5 Å². The van der Waals surface area contributed by atoms with Gasteiger partial charge < -0.3 is 0 Å². The second-order valence-electron chi connectivity index (χ2n) is 6.22. The van der Waals surface area contributed by atoms with Crippen LogP contribution in [0.15, 0.2) is 48.8 Å². The lowest BCUT2D eigenvalue weighted by Gasteiger charge is -2.15. The molecule has 2 aromatic heterocycles. The molecule has 0 aliphatic carbocycles. The summed E-state index contributed by atoms with van der Waals surface area (Å²) in [5.41, 5.74) is 5.08. The molecule has 0 N–H and O–H groups in total. The lowest BCUT2D eigenvalue weighted by Crippen LogP contribution is -2.32. The molecule has 0 spiro atoms. The van der Waals surface area contributed by atoms with Gasteiger partial charge in [-0.05, 0) is 55.9 Å². The standard InChI is InChI=1S/C22H26N2/c1-15-10-12-24(6)20(13-15)22-17(3)14-16(2)21(18(22)4)19-9-7-8-11-23(19)5/h7-14H,1-6H3/q+2/i1D3,3D3. The van der Waals surface area contributed by atoms with E-state index >= 15 is 0 Å². The van der Waals surface area contributed by atoms with Crippen LogP contribution in [-0.4, -0.2) is 0 Å². The predicted molar refractivity (Wildman–Crippen MR) is 98.6 cm³/mol. The summed E-state index contributed by atoms with van der Waals surface area (Å²) in [4.78, 5) is 0. The Kier molecular flexibility index (Phi) is 2.68. The fraction of sp³-hybridized carbons (Fsp3) is 0.273. The van der Waals surface area contributed by atoms with E-state index in [2.05, 4.69) is 0 Å². The molecular formula is C22H26N2+2. The van der Waals surface area contributed by atoms with Crippen LogP contribution in [0, 0.1) is 27.6 Å². The van der Waals surface area contributed by atoms with E-state index in [1.54, 1.807) is 36.0 Å². The van der Waals surface area contributed by atoms with Gasteiger partial charge in [-0.3, -0.25) is 0 Å². The van der Waals surface area contributed by atoms with Gasteiger partial charge in [-0.2, -0.15) is 0 Å². The van der Waals surface area contributed by atoms with Crippen molar-refractivity contribution in [3.8, 4) is 22.5 Å². The molecule has 0 unspecified atom stereocenters. The molecule has 0 aliphatic heterocycles. The van der Waals surface area contributed by atoms with Crippen molar-refractivity contribution in [1.29, 1.82) is 0 Å². The first kappa shape index (κ1) is 10.4. The van der Waals surface area contributed by atoms with Crippen molar-refractivity contribution in [3.05, 3.63) is 71.0 Å². The molecule has 2 heteroatoms. The first-order valence-corrected chi connectivity index (χ1v) is 7.92. The molecule has 2 heterocycles. The first-order valence-electron chi connectivity index (χ1n) is 10.9. The minimum absolute atomic E-state index is 0.180. The van der Waals surface area contributed by atoms with Crippen molar-refractivity contribution in [2.75, 3.05) is 0 Å². The van der Waals surface area contributed by atoms with Gasteiger partial charge in [0.05, 0.1) is 11.1 Å². The van der Waals surface area contributed by atoms with E-state index in [1.807, 2.05) is 49.9 Å². The second-order valence-corrected chi connectivity index (χ2v) is 6.22. The highest BCUT2D eigenvalue weighted by Gasteiger charge is 2.23. The molecule has 0 radical (unpaired) electrons. The summed E-state index contributed by atoms with van der Waals surface area (Å²) in [6, 6.07) is 10.7. The van der Waals surface area contributed by atoms with E-state index in [0.29, 0.717) is 11.3 Å². The maximum Gasteiger partial charge on any atom is 0.213 e. The normalized spacial score (nSPS) is 15.7. The van der Waals surface area contributed by atoms with Gasteiger partial charge in [0.1, 0.15) is 14.1 Å². The van der Waals surface area contributed by atoms with Gasteiger partial charge in [-0.15, -0.1) is 0 Å². The number of hydrogen-bond acceptors (Lipinski definition) is 0. The minimum Gasteiger partial charge on any atom is -0.201 e. The molecule has 0 amide bonds. The van der Waals surface area contributed by atoms with E-state index in [4.69, 9.17) is 8.22 Å². The monoisotopic (exact) mass is 324 g/mol. The van der Waals surface area contributed by atoms with Crippen LogP contribution in [0.3, 0.4) is 0 Å². The Morgan fingerprint density at radius 1 is 0.792 bits per heavy atom. The minimum atomic E-state index is -2.34. The molecule has 122 valence electrons. The van der Waals surface area contributed by atoms with E-state index in [0.717, 1.165) is 22.4 Å². The Morgan fingerprint density at radius 3 is 2.25 bits per heavy atom. The summed E-state index contributed by atoms with van der Waals surface area (Å²) in [5.74, 6) is 0. The number of nitrogens with zero attached hydrogens (tertiary/aromatic N) is 2. The van der Waals surface area contributed by atoms with Gasteiger partial charge in [0.25, 0.3) is 0 Å². The Labute approximate surface area is 153 Å². The molecule has 0 atom stereocenters. The van der Waals surface area contributed by atoms with Gasteiger partial charge >= 0.3 is 0 Å². The number of aryl methyl sites for hydroxylation is 5. The maximum atomic E-state index is 8.13. The summed E-state index contributed by atoms with van der Waals surface area (Å²) in [6.07, 6.45) is 3.61. The highest BCUT2D eigenvalue weighted by atomic mass is 14.9. The van der Waals surface area contributed by atoms with Crippen molar-refractivity contribution in [3.63, 3.8) is 0 Å². The summed E-state index contributed by atoms with van der Waals surface area (Å²) in [6.45, 7) is -0.809. The average Bonchev–Trinajstić information content (AvgIpc) is 2.62. The second kappa shape index (κ2) is 6.20. The molecule has 3 aromatic rings. The summed E-state index contributed by atoms with van der Waals surface area (Å²) >= 11 is 0. The molecular weight excluding hydrogens is 292 g/mol. The highest BCUT2D eigenvalue weighted by molar-refractivity contribution is 5.78. The van der Waals surface area contributed by atoms with Gasteiger partial charge in [-0.25, -0.2) is 9.13 Å². The van der Waals surface area contributed by atoms with Gasteiger partial charge in [-0.1, -0.05) is 6.07 Å². The predicted octanol–water partition coefficient (Wildman–Crippen LogP) is 3.90. The largest absolute Gasteiger partial charge is 0.213 e. The quantitative estimate of drug-likeness (QED) is 0.632. The zero-order chi connectivity index (χ0) is 22.4. The topological polar surface area (TPSA) is 7.76 Å². The third-order valence-corrected chi connectivity index (χ3v) is 4.49. The van der Waals surface area contributed by atoms with Crippen LogP contribution in [0.1, 0.15) is 30.5 Å². The van der Waals surface area contributed by atoms with Crippen molar-refractivity contribution >= 4 is 0 Å². The Balaban J connectivity index is 2.45. The van der Waals surface area contributed by atoms with Crippen LogP contribution in [0.4, 0.5) is 0 Å². The molecule has 0 fully saturated rings. The molecule has 2 nitrogen and oxygen atoms in total. The zero-order valence-corrected chi connectivity index (χ0v) is 14.5. The molecule has 1 aromatic carbocycles. The van der Waals surface area contributed by atoms with Crippen LogP contribution in [-0.2, 0) is 14.1 Å². The van der Waals surface area contributed by atoms with Gasteiger partial charge in [0.2, 0.25) is 11.4 Å². The molecule has 0 saturated heterocycles. The Bertz CT molecular complexity index is 1110. The fourth-order valence-corrected chi connectivity index (χ4v) is 3.31. The Hall–Kier alpha value is -2.48. The zero-order valence-electron chi connectivity index (χ0n) is 20.5. The summed E-state index contributed by atoms with van der Waals surface area (Å²) in [5, 5.41) is 0. The van der Waals surface area contributed by atoms with E-state index < -0.39 is 13.7 Å². The van der Waals surface area contributed by atoms with Crippen LogP contribution >= 0.6 is 0 Å². The molecule has 3 rings (SSSR count). The maximum absolute atomic E-state index is 8.13. The third-order valence-electron chi connectivity index (χ3n) is 4.49. The van der Waals surface area contributed by atoms with Crippen molar-refractivity contribution < 1.29 is 17.4 Å². The third kappa shape index (κ3) is 2.73. The van der Waals surface area contributed by atoms with Crippen LogP contribution in [0.5, 0.6) is 0 Å². The van der Waals surface area contributed by atoms with E-state index in [1.165, 1.54) is 0 Å². The number of pyridine rings is 2. The Morgan fingerprint density at radius 2 is 1.54 bits per heavy atom.